The van der Waals surface area contributed by atoms with Crippen LogP contribution >= 0.6 is 15.9 Å². The van der Waals surface area contributed by atoms with Gasteiger partial charge < -0.3 is 9.63 Å². The van der Waals surface area contributed by atoms with Crippen molar-refractivity contribution >= 4 is 32.8 Å². The Hall–Kier alpha value is -1.36. The van der Waals surface area contributed by atoms with Gasteiger partial charge >= 0.3 is 5.97 Å². The zero-order chi connectivity index (χ0) is 11.0. The Balaban J connectivity index is 2.61. The van der Waals surface area contributed by atoms with Gasteiger partial charge in [0.15, 0.2) is 5.76 Å². The molecule has 0 saturated carbocycles. The fraction of sp³-hybridized carbons (Fsp3) is 0.200. The normalized spacial score (nSPS) is 12.9. The van der Waals surface area contributed by atoms with E-state index in [1.54, 1.807) is 19.1 Å². The Morgan fingerprint density at radius 3 is 3.00 bits per heavy atom. The Morgan fingerprint density at radius 2 is 2.33 bits per heavy atom. The first-order valence-corrected chi connectivity index (χ1v) is 5.16. The van der Waals surface area contributed by atoms with E-state index < -0.39 is 11.9 Å². The molecule has 2 aromatic rings. The van der Waals surface area contributed by atoms with Crippen molar-refractivity contribution in [2.24, 2.45) is 0 Å². The lowest BCUT2D eigenvalue weighted by Crippen LogP contribution is -2.06. The maximum absolute atomic E-state index is 10.8. The van der Waals surface area contributed by atoms with Gasteiger partial charge in [0.1, 0.15) is 11.4 Å². The molecule has 0 aliphatic rings. The van der Waals surface area contributed by atoms with Crippen molar-refractivity contribution < 1.29 is 14.4 Å². The molecule has 1 aromatic heterocycles. The van der Waals surface area contributed by atoms with Crippen molar-refractivity contribution in [3.05, 3.63) is 28.4 Å². The van der Waals surface area contributed by atoms with Crippen LogP contribution < -0.4 is 0 Å². The summed E-state index contributed by atoms with van der Waals surface area (Å²) < 4.78 is 5.91. The molecule has 1 N–H and O–H groups in total. The maximum Gasteiger partial charge on any atom is 0.314 e. The first-order chi connectivity index (χ1) is 7.09. The van der Waals surface area contributed by atoms with E-state index in [0.717, 1.165) is 9.86 Å². The summed E-state index contributed by atoms with van der Waals surface area (Å²) in [6.07, 6.45) is 0. The molecule has 0 amide bonds. The van der Waals surface area contributed by atoms with Crippen LogP contribution in [0.5, 0.6) is 0 Å². The van der Waals surface area contributed by atoms with Gasteiger partial charge in [0.25, 0.3) is 0 Å². The molecular weight excluding hydrogens is 262 g/mol. The van der Waals surface area contributed by atoms with Crippen LogP contribution in [0.3, 0.4) is 0 Å². The fourth-order valence-corrected chi connectivity index (χ4v) is 1.72. The SMILES string of the molecule is CC(C(=O)O)c1onc2ccc(Br)cc12. The van der Waals surface area contributed by atoms with E-state index in [9.17, 15) is 4.79 Å². The highest BCUT2D eigenvalue weighted by molar-refractivity contribution is 9.10. The molecule has 0 aliphatic carbocycles. The van der Waals surface area contributed by atoms with Crippen molar-refractivity contribution in [1.29, 1.82) is 0 Å². The number of halogens is 1. The van der Waals surface area contributed by atoms with Gasteiger partial charge in [-0.25, -0.2) is 0 Å². The van der Waals surface area contributed by atoms with Gasteiger partial charge in [-0.2, -0.15) is 0 Å². The molecule has 1 aromatic carbocycles. The Morgan fingerprint density at radius 1 is 1.60 bits per heavy atom. The number of carboxylic acids is 1. The summed E-state index contributed by atoms with van der Waals surface area (Å²) in [7, 11) is 0. The molecule has 78 valence electrons. The molecule has 5 heteroatoms. The average molecular weight is 270 g/mol. The number of hydrogen-bond acceptors (Lipinski definition) is 3. The van der Waals surface area contributed by atoms with Crippen molar-refractivity contribution in [3.8, 4) is 0 Å². The van der Waals surface area contributed by atoms with E-state index in [2.05, 4.69) is 21.1 Å². The second-order valence-corrected chi connectivity index (χ2v) is 4.18. The topological polar surface area (TPSA) is 63.3 Å². The minimum atomic E-state index is -0.923. The van der Waals surface area contributed by atoms with E-state index in [0.29, 0.717) is 11.3 Å². The summed E-state index contributed by atoms with van der Waals surface area (Å²) in [4.78, 5) is 10.8. The number of aromatic nitrogens is 1. The third-order valence-electron chi connectivity index (χ3n) is 2.23. The van der Waals surface area contributed by atoms with E-state index in [1.807, 2.05) is 6.07 Å². The van der Waals surface area contributed by atoms with Gasteiger partial charge in [-0.3, -0.25) is 4.79 Å². The Bertz CT molecular complexity index is 520. The molecule has 1 unspecified atom stereocenters. The zero-order valence-electron chi connectivity index (χ0n) is 7.90. The van der Waals surface area contributed by atoms with E-state index >= 15 is 0 Å². The van der Waals surface area contributed by atoms with E-state index in [4.69, 9.17) is 9.63 Å². The van der Waals surface area contributed by atoms with Gasteiger partial charge in [-0.15, -0.1) is 0 Å². The second kappa shape index (κ2) is 3.66. The smallest absolute Gasteiger partial charge is 0.314 e. The molecule has 15 heavy (non-hydrogen) atoms. The highest BCUT2D eigenvalue weighted by Gasteiger charge is 2.21. The molecule has 0 saturated heterocycles. The van der Waals surface area contributed by atoms with Crippen molar-refractivity contribution in [3.63, 3.8) is 0 Å². The number of nitrogens with zero attached hydrogens (tertiary/aromatic N) is 1. The Kier molecular flexibility index (Phi) is 2.48. The number of rotatable bonds is 2. The highest BCUT2D eigenvalue weighted by atomic mass is 79.9. The lowest BCUT2D eigenvalue weighted by molar-refractivity contribution is -0.138. The minimum absolute atomic E-state index is 0.388. The first-order valence-electron chi connectivity index (χ1n) is 4.37. The van der Waals surface area contributed by atoms with Crippen LogP contribution in [0.15, 0.2) is 27.2 Å². The molecule has 0 radical (unpaired) electrons. The van der Waals surface area contributed by atoms with Gasteiger partial charge in [0, 0.05) is 9.86 Å². The number of hydrogen-bond donors (Lipinski definition) is 1. The second-order valence-electron chi connectivity index (χ2n) is 3.27. The molecule has 1 atom stereocenters. The largest absolute Gasteiger partial charge is 0.481 e. The third kappa shape index (κ3) is 1.74. The molecule has 0 aliphatic heterocycles. The molecule has 0 fully saturated rings. The summed E-state index contributed by atoms with van der Waals surface area (Å²) in [5.74, 6) is -1.23. The summed E-state index contributed by atoms with van der Waals surface area (Å²) in [5, 5.41) is 13.4. The van der Waals surface area contributed by atoms with Crippen LogP contribution in [0.25, 0.3) is 10.9 Å². The number of carboxylic acid groups (broad SMARTS) is 1. The van der Waals surface area contributed by atoms with Crippen molar-refractivity contribution in [1.82, 2.24) is 5.16 Å². The maximum atomic E-state index is 10.8. The van der Waals surface area contributed by atoms with Gasteiger partial charge in [-0.1, -0.05) is 21.1 Å². The van der Waals surface area contributed by atoms with Crippen molar-refractivity contribution in [2.45, 2.75) is 12.8 Å². The van der Waals surface area contributed by atoms with Crippen LogP contribution in [0, 0.1) is 0 Å². The van der Waals surface area contributed by atoms with E-state index in [-0.39, 0.29) is 0 Å². The molecule has 1 heterocycles. The van der Waals surface area contributed by atoms with Gasteiger partial charge in [-0.05, 0) is 25.1 Å². The van der Waals surface area contributed by atoms with Gasteiger partial charge in [0.2, 0.25) is 0 Å². The summed E-state index contributed by atoms with van der Waals surface area (Å²) >= 11 is 3.32. The standard InChI is InChI=1S/C10H8BrNO3/c1-5(10(13)14)9-7-4-6(11)2-3-8(7)12-15-9/h2-5H,1H3,(H,13,14). The first kappa shape index (κ1) is 10.2. The minimum Gasteiger partial charge on any atom is -0.481 e. The Labute approximate surface area is 94.0 Å². The summed E-state index contributed by atoms with van der Waals surface area (Å²) in [5.41, 5.74) is 0.668. The monoisotopic (exact) mass is 269 g/mol. The summed E-state index contributed by atoms with van der Waals surface area (Å²) in [6, 6.07) is 5.42. The van der Waals surface area contributed by atoms with Crippen LogP contribution in [-0.2, 0) is 4.79 Å². The average Bonchev–Trinajstić information content (AvgIpc) is 2.59. The zero-order valence-corrected chi connectivity index (χ0v) is 9.48. The molecule has 0 bridgehead atoms. The van der Waals surface area contributed by atoms with E-state index in [1.165, 1.54) is 0 Å². The van der Waals surface area contributed by atoms with Crippen LogP contribution in [0.4, 0.5) is 0 Å². The molecule has 4 nitrogen and oxygen atoms in total. The number of benzene rings is 1. The number of fused-ring (bicyclic) bond motifs is 1. The molecular formula is C10H8BrNO3. The quantitative estimate of drug-likeness (QED) is 0.911. The third-order valence-corrected chi connectivity index (χ3v) is 2.72. The lowest BCUT2D eigenvalue weighted by atomic mass is 10.1. The lowest BCUT2D eigenvalue weighted by Gasteiger charge is -2.00. The van der Waals surface area contributed by atoms with Crippen molar-refractivity contribution in [2.75, 3.05) is 0 Å². The van der Waals surface area contributed by atoms with Crippen LogP contribution in [0.2, 0.25) is 0 Å². The number of carbonyl (C=O) groups is 1. The molecule has 2 rings (SSSR count). The fourth-order valence-electron chi connectivity index (χ4n) is 1.36. The van der Waals surface area contributed by atoms with Gasteiger partial charge in [0.05, 0.1) is 0 Å². The van der Waals surface area contributed by atoms with Crippen LogP contribution in [-0.4, -0.2) is 16.2 Å². The highest BCUT2D eigenvalue weighted by Crippen LogP contribution is 2.27. The molecule has 0 spiro atoms. The van der Waals surface area contributed by atoms with Crippen LogP contribution in [0.1, 0.15) is 18.6 Å². The number of aliphatic carboxylic acids is 1. The summed E-state index contributed by atoms with van der Waals surface area (Å²) in [6.45, 7) is 1.57. The predicted octanol–water partition coefficient (Wildman–Crippen LogP) is 2.78. The predicted molar refractivity (Wildman–Crippen MR) is 57.8 cm³/mol.